The first kappa shape index (κ1) is 14.9. The Kier molecular flexibility index (Phi) is 4.03. The van der Waals surface area contributed by atoms with E-state index in [-0.39, 0.29) is 0 Å². The van der Waals surface area contributed by atoms with E-state index in [0.29, 0.717) is 16.6 Å². The number of aryl methyl sites for hydroxylation is 2. The minimum atomic E-state index is 0.431. The van der Waals surface area contributed by atoms with Crippen LogP contribution in [0.4, 0.5) is 0 Å². The van der Waals surface area contributed by atoms with Crippen LogP contribution in [0.2, 0.25) is 0 Å². The van der Waals surface area contributed by atoms with Crippen LogP contribution in [0.25, 0.3) is 0 Å². The molecule has 21 heavy (non-hydrogen) atoms. The predicted molar refractivity (Wildman–Crippen MR) is 88.7 cm³/mol. The van der Waals surface area contributed by atoms with Gasteiger partial charge in [-0.15, -0.1) is 0 Å². The van der Waals surface area contributed by atoms with Crippen molar-refractivity contribution in [1.82, 2.24) is 0 Å². The van der Waals surface area contributed by atoms with E-state index in [0.717, 1.165) is 6.42 Å². The fourth-order valence-corrected chi connectivity index (χ4v) is 3.43. The standard InChI is InChI=1S/C20H30O/c1-19(11-12-19)9-3-5-16-7-8-18(21)15-17(16)6-4-10-20(2)13-14-20/h7-8,15,21H,3-6,9-14H2,1-2H3. The zero-order valence-corrected chi connectivity index (χ0v) is 13.8. The zero-order chi connectivity index (χ0) is 14.9. The third-order valence-electron chi connectivity index (χ3n) is 5.85. The molecule has 0 radical (unpaired) electrons. The SMILES string of the molecule is CC1(CCCc2ccc(O)cc2CCCC2(C)CC2)CC1. The van der Waals surface area contributed by atoms with Crippen LogP contribution in [0, 0.1) is 10.8 Å². The Hall–Kier alpha value is -0.980. The van der Waals surface area contributed by atoms with Crippen LogP contribution >= 0.6 is 0 Å². The molecule has 2 fully saturated rings. The van der Waals surface area contributed by atoms with Crippen LogP contribution in [-0.4, -0.2) is 5.11 Å². The molecule has 0 atom stereocenters. The molecule has 0 aromatic heterocycles. The maximum Gasteiger partial charge on any atom is 0.115 e. The van der Waals surface area contributed by atoms with Crippen molar-refractivity contribution in [2.45, 2.75) is 78.1 Å². The molecule has 2 aliphatic carbocycles. The first-order valence-corrected chi connectivity index (χ1v) is 8.79. The van der Waals surface area contributed by atoms with Crippen LogP contribution in [-0.2, 0) is 12.8 Å². The Balaban J connectivity index is 1.53. The summed E-state index contributed by atoms with van der Waals surface area (Å²) in [4.78, 5) is 0. The third-order valence-corrected chi connectivity index (χ3v) is 5.85. The number of hydrogen-bond donors (Lipinski definition) is 1. The average molecular weight is 286 g/mol. The number of aromatic hydroxyl groups is 1. The molecule has 2 aliphatic rings. The summed E-state index contributed by atoms with van der Waals surface area (Å²) >= 11 is 0. The molecule has 116 valence electrons. The van der Waals surface area contributed by atoms with Gasteiger partial charge in [0.15, 0.2) is 0 Å². The topological polar surface area (TPSA) is 20.2 Å². The molecule has 1 aromatic rings. The smallest absolute Gasteiger partial charge is 0.115 e. The second-order valence-corrected chi connectivity index (χ2v) is 8.28. The van der Waals surface area contributed by atoms with Crippen LogP contribution in [0.15, 0.2) is 18.2 Å². The largest absolute Gasteiger partial charge is 0.508 e. The van der Waals surface area contributed by atoms with Crippen LogP contribution in [0.1, 0.15) is 76.3 Å². The highest BCUT2D eigenvalue weighted by Crippen LogP contribution is 2.50. The highest BCUT2D eigenvalue weighted by atomic mass is 16.3. The van der Waals surface area contributed by atoms with Crippen molar-refractivity contribution in [2.24, 2.45) is 10.8 Å². The number of benzene rings is 1. The first-order valence-electron chi connectivity index (χ1n) is 8.79. The molecular formula is C20H30O. The van der Waals surface area contributed by atoms with Gasteiger partial charge >= 0.3 is 0 Å². The molecule has 3 rings (SSSR count). The summed E-state index contributed by atoms with van der Waals surface area (Å²) in [6.45, 7) is 4.83. The first-order chi connectivity index (χ1) is 9.98. The van der Waals surface area contributed by atoms with Gasteiger partial charge in [-0.3, -0.25) is 0 Å². The molecule has 0 aliphatic heterocycles. The lowest BCUT2D eigenvalue weighted by atomic mass is 9.93. The zero-order valence-electron chi connectivity index (χ0n) is 13.8. The molecule has 1 nitrogen and oxygen atoms in total. The van der Waals surface area contributed by atoms with E-state index in [2.05, 4.69) is 19.9 Å². The molecular weight excluding hydrogens is 256 g/mol. The molecule has 0 saturated heterocycles. The van der Waals surface area contributed by atoms with Gasteiger partial charge in [0, 0.05) is 0 Å². The van der Waals surface area contributed by atoms with Gasteiger partial charge in [-0.1, -0.05) is 19.9 Å². The van der Waals surface area contributed by atoms with E-state index >= 15 is 0 Å². The Bertz CT molecular complexity index is 495. The molecule has 2 saturated carbocycles. The molecule has 0 bridgehead atoms. The van der Waals surface area contributed by atoms with Gasteiger partial charge in [-0.05, 0) is 98.3 Å². The Labute approximate surface area is 129 Å². The van der Waals surface area contributed by atoms with Crippen molar-refractivity contribution in [2.75, 3.05) is 0 Å². The van der Waals surface area contributed by atoms with Gasteiger partial charge in [-0.2, -0.15) is 0 Å². The van der Waals surface area contributed by atoms with Crippen molar-refractivity contribution in [1.29, 1.82) is 0 Å². The summed E-state index contributed by atoms with van der Waals surface area (Å²) in [5.41, 5.74) is 4.17. The minimum absolute atomic E-state index is 0.431. The van der Waals surface area contributed by atoms with Gasteiger partial charge in [0.05, 0.1) is 0 Å². The molecule has 1 N–H and O–H groups in total. The number of phenols is 1. The Morgan fingerprint density at radius 2 is 1.38 bits per heavy atom. The van der Waals surface area contributed by atoms with Crippen molar-refractivity contribution in [3.05, 3.63) is 29.3 Å². The number of hydrogen-bond acceptors (Lipinski definition) is 1. The normalized spacial score (nSPS) is 21.2. The second kappa shape index (κ2) is 5.66. The van der Waals surface area contributed by atoms with Gasteiger partial charge in [0.2, 0.25) is 0 Å². The number of rotatable bonds is 8. The number of phenolic OH excluding ortho intramolecular Hbond substituents is 1. The van der Waals surface area contributed by atoms with Crippen molar-refractivity contribution < 1.29 is 5.11 Å². The molecule has 0 spiro atoms. The van der Waals surface area contributed by atoms with Crippen LogP contribution in [0.5, 0.6) is 5.75 Å². The van der Waals surface area contributed by atoms with E-state index in [1.165, 1.54) is 68.9 Å². The minimum Gasteiger partial charge on any atom is -0.508 e. The average Bonchev–Trinajstić information content (AvgIpc) is 3.34. The molecule has 1 heteroatoms. The Morgan fingerprint density at radius 3 is 1.90 bits per heavy atom. The summed E-state index contributed by atoms with van der Waals surface area (Å²) in [5, 5.41) is 9.77. The van der Waals surface area contributed by atoms with Crippen molar-refractivity contribution in [3.8, 4) is 5.75 Å². The van der Waals surface area contributed by atoms with E-state index in [1.54, 1.807) is 0 Å². The molecule has 0 amide bonds. The summed E-state index contributed by atoms with van der Waals surface area (Å²) < 4.78 is 0. The fraction of sp³-hybridized carbons (Fsp3) is 0.700. The lowest BCUT2D eigenvalue weighted by molar-refractivity contribution is 0.470. The molecule has 0 unspecified atom stereocenters. The highest BCUT2D eigenvalue weighted by Gasteiger charge is 2.36. The van der Waals surface area contributed by atoms with Gasteiger partial charge in [0.25, 0.3) is 0 Å². The van der Waals surface area contributed by atoms with Crippen molar-refractivity contribution >= 4 is 0 Å². The maximum atomic E-state index is 9.77. The summed E-state index contributed by atoms with van der Waals surface area (Å²) in [6, 6.07) is 6.02. The molecule has 0 heterocycles. The van der Waals surface area contributed by atoms with Crippen LogP contribution in [0.3, 0.4) is 0 Å². The highest BCUT2D eigenvalue weighted by molar-refractivity contribution is 5.35. The van der Waals surface area contributed by atoms with E-state index in [1.807, 2.05) is 12.1 Å². The summed E-state index contributed by atoms with van der Waals surface area (Å²) in [7, 11) is 0. The van der Waals surface area contributed by atoms with E-state index in [9.17, 15) is 5.11 Å². The molecule has 1 aromatic carbocycles. The monoisotopic (exact) mass is 286 g/mol. The van der Waals surface area contributed by atoms with Gasteiger partial charge in [-0.25, -0.2) is 0 Å². The quantitative estimate of drug-likeness (QED) is 0.656. The van der Waals surface area contributed by atoms with E-state index in [4.69, 9.17) is 0 Å². The van der Waals surface area contributed by atoms with Gasteiger partial charge < -0.3 is 5.11 Å². The third kappa shape index (κ3) is 4.25. The van der Waals surface area contributed by atoms with Gasteiger partial charge in [0.1, 0.15) is 5.75 Å². The van der Waals surface area contributed by atoms with Crippen LogP contribution < -0.4 is 0 Å². The maximum absolute atomic E-state index is 9.77. The summed E-state index contributed by atoms with van der Waals surface area (Å²) in [5.74, 6) is 0.431. The van der Waals surface area contributed by atoms with Crippen molar-refractivity contribution in [3.63, 3.8) is 0 Å². The van der Waals surface area contributed by atoms with E-state index < -0.39 is 0 Å². The second-order valence-electron chi connectivity index (χ2n) is 8.28. The Morgan fingerprint density at radius 1 is 0.857 bits per heavy atom. The lowest BCUT2D eigenvalue weighted by Crippen LogP contribution is -2.00. The predicted octanol–water partition coefficient (Wildman–Crippen LogP) is 5.64. The summed E-state index contributed by atoms with van der Waals surface area (Å²) in [6.07, 6.45) is 13.3. The fourth-order valence-electron chi connectivity index (χ4n) is 3.43. The lowest BCUT2D eigenvalue weighted by Gasteiger charge is -2.13.